The van der Waals surface area contributed by atoms with Crippen LogP contribution in [0.25, 0.3) is 11.0 Å². The molecule has 1 N–H and O–H groups in total. The zero-order valence-corrected chi connectivity index (χ0v) is 16.2. The third kappa shape index (κ3) is 3.51. The summed E-state index contributed by atoms with van der Waals surface area (Å²) in [5.74, 6) is 1.56. The standard InChI is InChI=1S/C24H24N2O2/c1-17-9-8-10-18(2)23(17)28-16-15-26-21-14-7-6-13-20(21)25-24(26)22(27)19-11-4-3-5-12-19/h3-14,22,27H,15-16H2,1-2H3. The van der Waals surface area contributed by atoms with Crippen LogP contribution in [0.3, 0.4) is 0 Å². The number of hydrogen-bond acceptors (Lipinski definition) is 3. The predicted molar refractivity (Wildman–Crippen MR) is 112 cm³/mol. The van der Waals surface area contributed by atoms with E-state index in [1.807, 2.05) is 60.7 Å². The van der Waals surface area contributed by atoms with Gasteiger partial charge in [0.1, 0.15) is 24.3 Å². The molecule has 142 valence electrons. The summed E-state index contributed by atoms with van der Waals surface area (Å²) < 4.78 is 8.16. The third-order valence-corrected chi connectivity index (χ3v) is 5.01. The fourth-order valence-corrected chi connectivity index (χ4v) is 3.59. The van der Waals surface area contributed by atoms with Gasteiger partial charge in [0, 0.05) is 0 Å². The maximum atomic E-state index is 11.0. The number of aliphatic hydroxyl groups excluding tert-OH is 1. The lowest BCUT2D eigenvalue weighted by molar-refractivity contribution is 0.201. The maximum Gasteiger partial charge on any atom is 0.143 e. The molecular weight excluding hydrogens is 348 g/mol. The molecule has 0 aliphatic heterocycles. The van der Waals surface area contributed by atoms with Crippen molar-refractivity contribution in [3.63, 3.8) is 0 Å². The molecule has 1 aromatic heterocycles. The van der Waals surface area contributed by atoms with Gasteiger partial charge in [-0.3, -0.25) is 0 Å². The summed E-state index contributed by atoms with van der Waals surface area (Å²) in [6.07, 6.45) is -0.784. The zero-order chi connectivity index (χ0) is 19.5. The zero-order valence-electron chi connectivity index (χ0n) is 16.2. The summed E-state index contributed by atoms with van der Waals surface area (Å²) in [6, 6.07) is 23.7. The molecule has 0 saturated heterocycles. The van der Waals surface area contributed by atoms with Crippen LogP contribution in [0, 0.1) is 13.8 Å². The molecule has 1 heterocycles. The van der Waals surface area contributed by atoms with Crippen LogP contribution in [0.15, 0.2) is 72.8 Å². The quantitative estimate of drug-likeness (QED) is 0.528. The summed E-state index contributed by atoms with van der Waals surface area (Å²) in [5.41, 5.74) is 4.95. The second-order valence-electron chi connectivity index (χ2n) is 6.99. The Bertz CT molecular complexity index is 1070. The first-order valence-electron chi connectivity index (χ1n) is 9.52. The van der Waals surface area contributed by atoms with Crippen molar-refractivity contribution in [1.82, 2.24) is 9.55 Å². The highest BCUT2D eigenvalue weighted by Crippen LogP contribution is 2.26. The van der Waals surface area contributed by atoms with E-state index in [-0.39, 0.29) is 0 Å². The number of hydrogen-bond donors (Lipinski definition) is 1. The van der Waals surface area contributed by atoms with E-state index in [0.717, 1.165) is 33.5 Å². The number of ether oxygens (including phenoxy) is 1. The van der Waals surface area contributed by atoms with Gasteiger partial charge in [0.15, 0.2) is 0 Å². The van der Waals surface area contributed by atoms with E-state index in [4.69, 9.17) is 9.72 Å². The van der Waals surface area contributed by atoms with Crippen LogP contribution in [-0.2, 0) is 6.54 Å². The average Bonchev–Trinajstić information content (AvgIpc) is 3.09. The predicted octanol–water partition coefficient (Wildman–Crippen LogP) is 4.81. The molecule has 0 aliphatic rings. The molecule has 0 spiro atoms. The molecule has 1 unspecified atom stereocenters. The van der Waals surface area contributed by atoms with Crippen molar-refractivity contribution in [2.24, 2.45) is 0 Å². The van der Waals surface area contributed by atoms with Crippen molar-refractivity contribution in [3.8, 4) is 5.75 Å². The molecule has 0 saturated carbocycles. The third-order valence-electron chi connectivity index (χ3n) is 5.01. The van der Waals surface area contributed by atoms with E-state index >= 15 is 0 Å². The highest BCUT2D eigenvalue weighted by molar-refractivity contribution is 5.76. The van der Waals surface area contributed by atoms with Crippen LogP contribution in [0.1, 0.15) is 28.6 Å². The van der Waals surface area contributed by atoms with Crippen molar-refractivity contribution in [1.29, 1.82) is 0 Å². The van der Waals surface area contributed by atoms with E-state index < -0.39 is 6.10 Å². The Hall–Kier alpha value is -3.11. The highest BCUT2D eigenvalue weighted by Gasteiger charge is 2.19. The van der Waals surface area contributed by atoms with Gasteiger partial charge in [-0.15, -0.1) is 0 Å². The Labute approximate surface area is 165 Å². The van der Waals surface area contributed by atoms with Gasteiger partial charge in [0.25, 0.3) is 0 Å². The Morgan fingerprint density at radius 2 is 1.57 bits per heavy atom. The van der Waals surface area contributed by atoms with Crippen LogP contribution < -0.4 is 4.74 Å². The minimum atomic E-state index is -0.784. The molecule has 4 heteroatoms. The highest BCUT2D eigenvalue weighted by atomic mass is 16.5. The van der Waals surface area contributed by atoms with Crippen LogP contribution in [-0.4, -0.2) is 21.3 Å². The minimum Gasteiger partial charge on any atom is -0.491 e. The Balaban J connectivity index is 1.64. The first-order chi connectivity index (χ1) is 13.6. The number of aromatic nitrogens is 2. The van der Waals surface area contributed by atoms with E-state index in [0.29, 0.717) is 19.0 Å². The van der Waals surface area contributed by atoms with E-state index in [1.54, 1.807) is 0 Å². The molecular formula is C24H24N2O2. The number of para-hydroxylation sites is 3. The van der Waals surface area contributed by atoms with Crippen LogP contribution in [0.2, 0.25) is 0 Å². The summed E-state index contributed by atoms with van der Waals surface area (Å²) >= 11 is 0. The molecule has 3 aromatic carbocycles. The molecule has 0 aliphatic carbocycles. The normalized spacial score (nSPS) is 12.2. The number of fused-ring (bicyclic) bond motifs is 1. The first kappa shape index (κ1) is 18.3. The lowest BCUT2D eigenvalue weighted by Crippen LogP contribution is -2.15. The number of benzene rings is 3. The number of imidazole rings is 1. The number of aryl methyl sites for hydroxylation is 2. The molecule has 1 atom stereocenters. The molecule has 4 rings (SSSR count). The lowest BCUT2D eigenvalue weighted by Gasteiger charge is -2.16. The molecule has 0 amide bonds. The Morgan fingerprint density at radius 3 is 2.32 bits per heavy atom. The first-order valence-corrected chi connectivity index (χ1v) is 9.52. The van der Waals surface area contributed by atoms with Gasteiger partial charge >= 0.3 is 0 Å². The van der Waals surface area contributed by atoms with Crippen LogP contribution >= 0.6 is 0 Å². The van der Waals surface area contributed by atoms with Gasteiger partial charge in [0.2, 0.25) is 0 Å². The number of aliphatic hydroxyl groups is 1. The SMILES string of the molecule is Cc1cccc(C)c1OCCn1c(C(O)c2ccccc2)nc2ccccc21. The summed E-state index contributed by atoms with van der Waals surface area (Å²) in [6.45, 7) is 5.22. The minimum absolute atomic E-state index is 0.501. The van der Waals surface area contributed by atoms with Gasteiger partial charge in [-0.2, -0.15) is 0 Å². The number of nitrogens with zero attached hydrogens (tertiary/aromatic N) is 2. The second kappa shape index (κ2) is 7.87. The van der Waals surface area contributed by atoms with Crippen molar-refractivity contribution < 1.29 is 9.84 Å². The van der Waals surface area contributed by atoms with Gasteiger partial charge in [0.05, 0.1) is 17.6 Å². The smallest absolute Gasteiger partial charge is 0.143 e. The topological polar surface area (TPSA) is 47.3 Å². The molecule has 4 aromatic rings. The monoisotopic (exact) mass is 372 g/mol. The van der Waals surface area contributed by atoms with Crippen molar-refractivity contribution in [2.75, 3.05) is 6.61 Å². The van der Waals surface area contributed by atoms with E-state index in [2.05, 4.69) is 30.5 Å². The number of rotatable bonds is 6. The second-order valence-corrected chi connectivity index (χ2v) is 6.99. The molecule has 28 heavy (non-hydrogen) atoms. The summed E-state index contributed by atoms with van der Waals surface area (Å²) in [7, 11) is 0. The molecule has 4 nitrogen and oxygen atoms in total. The Kier molecular flexibility index (Phi) is 5.13. The average molecular weight is 372 g/mol. The molecule has 0 fully saturated rings. The van der Waals surface area contributed by atoms with Crippen molar-refractivity contribution >= 4 is 11.0 Å². The van der Waals surface area contributed by atoms with Gasteiger partial charge in [-0.1, -0.05) is 60.7 Å². The fraction of sp³-hybridized carbons (Fsp3) is 0.208. The fourth-order valence-electron chi connectivity index (χ4n) is 3.59. The van der Waals surface area contributed by atoms with E-state index in [9.17, 15) is 5.11 Å². The lowest BCUT2D eigenvalue weighted by atomic mass is 10.1. The molecule has 0 bridgehead atoms. The largest absolute Gasteiger partial charge is 0.491 e. The molecule has 0 radical (unpaired) electrons. The van der Waals surface area contributed by atoms with Gasteiger partial charge in [-0.25, -0.2) is 4.98 Å². The Morgan fingerprint density at radius 1 is 0.893 bits per heavy atom. The van der Waals surface area contributed by atoms with Crippen LogP contribution in [0.5, 0.6) is 5.75 Å². The summed E-state index contributed by atoms with van der Waals surface area (Å²) in [5, 5.41) is 11.0. The maximum absolute atomic E-state index is 11.0. The van der Waals surface area contributed by atoms with Gasteiger partial charge < -0.3 is 14.4 Å². The van der Waals surface area contributed by atoms with Crippen LogP contribution in [0.4, 0.5) is 0 Å². The van der Waals surface area contributed by atoms with Crippen molar-refractivity contribution in [3.05, 3.63) is 95.3 Å². The van der Waals surface area contributed by atoms with E-state index in [1.165, 1.54) is 0 Å². The summed E-state index contributed by atoms with van der Waals surface area (Å²) in [4.78, 5) is 4.71. The van der Waals surface area contributed by atoms with Crippen molar-refractivity contribution in [2.45, 2.75) is 26.5 Å². The van der Waals surface area contributed by atoms with Gasteiger partial charge in [-0.05, 0) is 42.7 Å².